The van der Waals surface area contributed by atoms with Crippen LogP contribution in [0.1, 0.15) is 0 Å². The molecule has 4 nitrogen and oxygen atoms in total. The van der Waals surface area contributed by atoms with Crippen molar-refractivity contribution < 1.29 is 9.47 Å². The Kier molecular flexibility index (Phi) is 3.94. The van der Waals surface area contributed by atoms with Crippen LogP contribution in [0.15, 0.2) is 47.2 Å². The van der Waals surface area contributed by atoms with Crippen molar-refractivity contribution in [2.24, 2.45) is 0 Å². The van der Waals surface area contributed by atoms with Crippen LogP contribution in [-0.2, 0) is 0 Å². The van der Waals surface area contributed by atoms with Crippen LogP contribution in [-0.4, -0.2) is 17.1 Å². The van der Waals surface area contributed by atoms with Gasteiger partial charge in [-0.05, 0) is 32.8 Å². The highest BCUT2D eigenvalue weighted by Crippen LogP contribution is 2.39. The number of hydrogen-bond donors (Lipinski definition) is 0. The van der Waals surface area contributed by atoms with Crippen molar-refractivity contribution in [3.8, 4) is 17.4 Å². The molecule has 0 bridgehead atoms. The number of ether oxygens (including phenoxy) is 2. The topological polar surface area (TPSA) is 44.2 Å². The second-order valence-electron chi connectivity index (χ2n) is 4.20. The molecule has 0 saturated carbocycles. The fourth-order valence-corrected chi connectivity index (χ4v) is 2.75. The summed E-state index contributed by atoms with van der Waals surface area (Å²) in [6.07, 6.45) is 1.33. The molecule has 0 N–H and O–H groups in total. The third-order valence-electron chi connectivity index (χ3n) is 2.97. The third-order valence-corrected chi connectivity index (χ3v) is 4.05. The molecule has 0 radical (unpaired) electrons. The van der Waals surface area contributed by atoms with Gasteiger partial charge in [-0.25, -0.2) is 4.98 Å². The fraction of sp³-hybridized carbons (Fsp3) is 0.0667. The number of rotatable bonds is 3. The summed E-state index contributed by atoms with van der Waals surface area (Å²) in [4.78, 5) is 7.93. The van der Waals surface area contributed by atoms with Gasteiger partial charge in [0, 0.05) is 0 Å². The molecule has 0 aliphatic rings. The monoisotopic (exact) mass is 364 g/mol. The molecular formula is C15H10BrClN2O2. The van der Waals surface area contributed by atoms with Crippen molar-refractivity contribution in [2.75, 3.05) is 7.11 Å². The van der Waals surface area contributed by atoms with E-state index in [-0.39, 0.29) is 11.0 Å². The van der Waals surface area contributed by atoms with Gasteiger partial charge in [-0.3, -0.25) is 0 Å². The zero-order valence-electron chi connectivity index (χ0n) is 11.0. The Morgan fingerprint density at radius 1 is 1.10 bits per heavy atom. The normalized spacial score (nSPS) is 10.6. The number of benzene rings is 2. The van der Waals surface area contributed by atoms with Gasteiger partial charge in [0.15, 0.2) is 5.15 Å². The minimum atomic E-state index is 0.208. The summed E-state index contributed by atoms with van der Waals surface area (Å²) >= 11 is 9.52. The predicted molar refractivity (Wildman–Crippen MR) is 85.3 cm³/mol. The van der Waals surface area contributed by atoms with E-state index in [2.05, 4.69) is 25.9 Å². The summed E-state index contributed by atoms with van der Waals surface area (Å²) in [5.74, 6) is 1.20. The van der Waals surface area contributed by atoms with Crippen LogP contribution in [0.5, 0.6) is 17.4 Å². The lowest BCUT2D eigenvalue weighted by Gasteiger charge is -2.12. The second-order valence-corrected chi connectivity index (χ2v) is 5.35. The molecule has 0 unspecified atom stereocenters. The molecule has 106 valence electrons. The average Bonchev–Trinajstić information content (AvgIpc) is 2.50. The number of halogens is 2. The fourth-order valence-electron chi connectivity index (χ4n) is 1.98. The Morgan fingerprint density at radius 3 is 2.71 bits per heavy atom. The molecule has 0 amide bonds. The minimum Gasteiger partial charge on any atom is -0.489 e. The first-order chi connectivity index (χ1) is 10.2. The standard InChI is InChI=1S/C15H10BrClN2O2/c1-20-13-14(17)18-8-19-15(13)21-11-7-6-9-4-2-3-5-10(9)12(11)16/h2-8H,1H3. The van der Waals surface area contributed by atoms with Crippen LogP contribution in [0.25, 0.3) is 10.8 Å². The van der Waals surface area contributed by atoms with Gasteiger partial charge >= 0.3 is 0 Å². The minimum absolute atomic E-state index is 0.208. The van der Waals surface area contributed by atoms with Crippen molar-refractivity contribution in [2.45, 2.75) is 0 Å². The van der Waals surface area contributed by atoms with Crippen LogP contribution >= 0.6 is 27.5 Å². The summed E-state index contributed by atoms with van der Waals surface area (Å²) in [6, 6.07) is 11.8. The van der Waals surface area contributed by atoms with Gasteiger partial charge in [-0.2, -0.15) is 4.98 Å². The van der Waals surface area contributed by atoms with Gasteiger partial charge in [0.2, 0.25) is 5.75 Å². The molecule has 0 aliphatic carbocycles. The highest BCUT2D eigenvalue weighted by molar-refractivity contribution is 9.10. The molecule has 3 aromatic rings. The van der Waals surface area contributed by atoms with Crippen molar-refractivity contribution >= 4 is 38.3 Å². The smallest absolute Gasteiger partial charge is 0.267 e. The van der Waals surface area contributed by atoms with E-state index in [1.807, 2.05) is 36.4 Å². The zero-order chi connectivity index (χ0) is 14.8. The molecule has 1 heterocycles. The largest absolute Gasteiger partial charge is 0.489 e. The van der Waals surface area contributed by atoms with Gasteiger partial charge in [-0.15, -0.1) is 0 Å². The molecule has 0 aliphatic heterocycles. The van der Waals surface area contributed by atoms with E-state index in [1.54, 1.807) is 0 Å². The molecule has 2 aromatic carbocycles. The van der Waals surface area contributed by atoms with Gasteiger partial charge in [-0.1, -0.05) is 41.9 Å². The van der Waals surface area contributed by atoms with E-state index in [9.17, 15) is 0 Å². The maximum absolute atomic E-state index is 5.96. The van der Waals surface area contributed by atoms with Crippen molar-refractivity contribution in [1.29, 1.82) is 0 Å². The van der Waals surface area contributed by atoms with Gasteiger partial charge < -0.3 is 9.47 Å². The average molecular weight is 366 g/mol. The molecule has 0 saturated heterocycles. The summed E-state index contributed by atoms with van der Waals surface area (Å²) in [7, 11) is 1.49. The van der Waals surface area contributed by atoms with E-state index in [0.29, 0.717) is 11.5 Å². The molecule has 3 rings (SSSR count). The van der Waals surface area contributed by atoms with Gasteiger partial charge in [0.05, 0.1) is 11.6 Å². The molecule has 0 fully saturated rings. The second kappa shape index (κ2) is 5.87. The Labute approximate surface area is 134 Å². The predicted octanol–water partition coefficient (Wildman–Crippen LogP) is 4.85. The van der Waals surface area contributed by atoms with E-state index >= 15 is 0 Å². The third kappa shape index (κ3) is 2.66. The summed E-state index contributed by atoms with van der Waals surface area (Å²) in [6.45, 7) is 0. The van der Waals surface area contributed by atoms with Gasteiger partial charge in [0.25, 0.3) is 5.88 Å². The molecule has 6 heteroatoms. The summed E-state index contributed by atoms with van der Waals surface area (Å²) < 4.78 is 11.8. The van der Waals surface area contributed by atoms with Crippen molar-refractivity contribution in [3.63, 3.8) is 0 Å². The number of fused-ring (bicyclic) bond motifs is 1. The van der Waals surface area contributed by atoms with Crippen LogP contribution in [0.2, 0.25) is 5.15 Å². The Morgan fingerprint density at radius 2 is 1.90 bits per heavy atom. The van der Waals surface area contributed by atoms with Crippen molar-refractivity contribution in [1.82, 2.24) is 9.97 Å². The van der Waals surface area contributed by atoms with E-state index < -0.39 is 0 Å². The lowest BCUT2D eigenvalue weighted by Crippen LogP contribution is -1.96. The maximum atomic E-state index is 5.96. The Bertz CT molecular complexity index is 811. The lowest BCUT2D eigenvalue weighted by atomic mass is 10.1. The van der Waals surface area contributed by atoms with Crippen LogP contribution in [0.4, 0.5) is 0 Å². The van der Waals surface area contributed by atoms with E-state index in [1.165, 1.54) is 13.4 Å². The molecule has 21 heavy (non-hydrogen) atoms. The first-order valence-electron chi connectivity index (χ1n) is 6.10. The maximum Gasteiger partial charge on any atom is 0.267 e. The van der Waals surface area contributed by atoms with E-state index in [4.69, 9.17) is 21.1 Å². The first-order valence-corrected chi connectivity index (χ1v) is 7.27. The number of hydrogen-bond acceptors (Lipinski definition) is 4. The van der Waals surface area contributed by atoms with Gasteiger partial charge in [0.1, 0.15) is 12.1 Å². The van der Waals surface area contributed by atoms with Crippen LogP contribution in [0, 0.1) is 0 Å². The highest BCUT2D eigenvalue weighted by atomic mass is 79.9. The first kappa shape index (κ1) is 14.1. The number of methoxy groups -OCH3 is 1. The molecular weight excluding hydrogens is 356 g/mol. The Balaban J connectivity index is 2.07. The lowest BCUT2D eigenvalue weighted by molar-refractivity contribution is 0.367. The number of nitrogens with zero attached hydrogens (tertiary/aromatic N) is 2. The Hall–Kier alpha value is -1.85. The summed E-state index contributed by atoms with van der Waals surface area (Å²) in [5, 5.41) is 2.37. The summed E-state index contributed by atoms with van der Waals surface area (Å²) in [5.41, 5.74) is 0. The molecule has 0 atom stereocenters. The van der Waals surface area contributed by atoms with Crippen molar-refractivity contribution in [3.05, 3.63) is 52.4 Å². The molecule has 0 spiro atoms. The van der Waals surface area contributed by atoms with Crippen LogP contribution < -0.4 is 9.47 Å². The molecule has 1 aromatic heterocycles. The van der Waals surface area contributed by atoms with E-state index in [0.717, 1.165) is 15.2 Å². The quantitative estimate of drug-likeness (QED) is 0.623. The number of aromatic nitrogens is 2. The highest BCUT2D eigenvalue weighted by Gasteiger charge is 2.15. The SMILES string of the molecule is COc1c(Cl)ncnc1Oc1ccc2ccccc2c1Br. The van der Waals surface area contributed by atoms with Crippen LogP contribution in [0.3, 0.4) is 0 Å². The zero-order valence-corrected chi connectivity index (χ0v) is 13.4.